The quantitative estimate of drug-likeness (QED) is 0.866. The maximum absolute atomic E-state index is 9.05. The number of nitriles is 1. The predicted molar refractivity (Wildman–Crippen MR) is 91.5 cm³/mol. The highest BCUT2D eigenvalue weighted by molar-refractivity contribution is 5.43. The van der Waals surface area contributed by atoms with Crippen LogP contribution in [0.5, 0.6) is 0 Å². The molecule has 0 aliphatic carbocycles. The molecule has 2 aliphatic rings. The summed E-state index contributed by atoms with van der Waals surface area (Å²) in [7, 11) is 0. The third-order valence-corrected chi connectivity index (χ3v) is 4.82. The number of anilines is 1. The first-order chi connectivity index (χ1) is 11.8. The van der Waals surface area contributed by atoms with Crippen molar-refractivity contribution < 1.29 is 4.74 Å². The molecule has 1 aromatic carbocycles. The zero-order valence-electron chi connectivity index (χ0n) is 13.5. The third-order valence-electron chi connectivity index (χ3n) is 4.82. The van der Waals surface area contributed by atoms with Crippen molar-refractivity contribution in [3.63, 3.8) is 0 Å². The molecular weight excluding hydrogens is 300 g/mol. The number of morpholine rings is 1. The van der Waals surface area contributed by atoms with E-state index in [2.05, 4.69) is 51.2 Å². The summed E-state index contributed by atoms with van der Waals surface area (Å²) in [6, 6.07) is 18.7. The number of hydrogen-bond acceptors (Lipinski definition) is 5. The van der Waals surface area contributed by atoms with E-state index in [1.54, 1.807) is 6.07 Å². The fourth-order valence-electron chi connectivity index (χ4n) is 3.62. The van der Waals surface area contributed by atoms with E-state index < -0.39 is 0 Å². The van der Waals surface area contributed by atoms with E-state index in [1.807, 2.05) is 12.1 Å². The zero-order chi connectivity index (χ0) is 16.4. The molecule has 0 amide bonds. The number of pyridine rings is 1. The highest BCUT2D eigenvalue weighted by Crippen LogP contribution is 2.27. The number of benzene rings is 1. The van der Waals surface area contributed by atoms with E-state index in [1.165, 1.54) is 5.56 Å². The third kappa shape index (κ3) is 2.99. The minimum Gasteiger partial charge on any atom is -0.373 e. The standard InChI is InChI=1S/C19H20N4O/c20-11-16-7-4-8-19(21-16)23-13-17-18(14-23)24-10-9-22(17)12-15-5-2-1-3-6-15/h1-8,17-18H,9-10,12-14H2. The number of fused-ring (bicyclic) bond motifs is 1. The highest BCUT2D eigenvalue weighted by Gasteiger charge is 2.40. The van der Waals surface area contributed by atoms with Crippen LogP contribution in [-0.4, -0.2) is 48.3 Å². The normalized spacial score (nSPS) is 23.7. The first kappa shape index (κ1) is 15.1. The van der Waals surface area contributed by atoms with Crippen LogP contribution in [0.1, 0.15) is 11.3 Å². The summed E-state index contributed by atoms with van der Waals surface area (Å²) < 4.78 is 6.00. The maximum Gasteiger partial charge on any atom is 0.142 e. The monoisotopic (exact) mass is 320 g/mol. The van der Waals surface area contributed by atoms with Gasteiger partial charge in [0, 0.05) is 26.2 Å². The second kappa shape index (κ2) is 6.60. The Morgan fingerprint density at radius 1 is 1.12 bits per heavy atom. The molecular formula is C19H20N4O. The summed E-state index contributed by atoms with van der Waals surface area (Å²) in [6.45, 7) is 4.39. The molecule has 2 aromatic rings. The Kier molecular flexibility index (Phi) is 4.16. The van der Waals surface area contributed by atoms with Gasteiger partial charge in [0.2, 0.25) is 0 Å². The smallest absolute Gasteiger partial charge is 0.142 e. The largest absolute Gasteiger partial charge is 0.373 e. The van der Waals surface area contributed by atoms with Crippen molar-refractivity contribution in [2.24, 2.45) is 0 Å². The molecule has 1 aromatic heterocycles. The summed E-state index contributed by atoms with van der Waals surface area (Å²) in [4.78, 5) is 9.18. The fraction of sp³-hybridized carbons (Fsp3) is 0.368. The number of nitrogens with zero attached hydrogens (tertiary/aromatic N) is 4. The van der Waals surface area contributed by atoms with Crippen LogP contribution in [0.2, 0.25) is 0 Å². The molecule has 2 aliphatic heterocycles. The SMILES string of the molecule is N#Cc1cccc(N2CC3OCCN(Cc4ccccc4)C3C2)n1. The lowest BCUT2D eigenvalue weighted by Gasteiger charge is -2.36. The van der Waals surface area contributed by atoms with Crippen molar-refractivity contribution in [2.45, 2.75) is 18.7 Å². The molecule has 2 atom stereocenters. The number of ether oxygens (including phenoxy) is 1. The topological polar surface area (TPSA) is 52.4 Å². The summed E-state index contributed by atoms with van der Waals surface area (Å²) in [6.07, 6.45) is 0.204. The van der Waals surface area contributed by atoms with Crippen LogP contribution >= 0.6 is 0 Å². The van der Waals surface area contributed by atoms with Crippen LogP contribution in [0.15, 0.2) is 48.5 Å². The summed E-state index contributed by atoms with van der Waals surface area (Å²) in [5.74, 6) is 0.867. The van der Waals surface area contributed by atoms with Gasteiger partial charge in [-0.05, 0) is 17.7 Å². The van der Waals surface area contributed by atoms with Crippen LogP contribution in [-0.2, 0) is 11.3 Å². The van der Waals surface area contributed by atoms with Gasteiger partial charge in [-0.25, -0.2) is 4.98 Å². The minimum atomic E-state index is 0.204. The second-order valence-electron chi connectivity index (χ2n) is 6.33. The molecule has 2 saturated heterocycles. The lowest BCUT2D eigenvalue weighted by molar-refractivity contribution is -0.0499. The molecule has 0 spiro atoms. The molecule has 4 rings (SSSR count). The van der Waals surface area contributed by atoms with Gasteiger partial charge in [0.05, 0.1) is 18.8 Å². The van der Waals surface area contributed by atoms with Gasteiger partial charge in [0.25, 0.3) is 0 Å². The molecule has 0 bridgehead atoms. The van der Waals surface area contributed by atoms with E-state index in [0.717, 1.165) is 38.6 Å². The van der Waals surface area contributed by atoms with Crippen LogP contribution < -0.4 is 4.90 Å². The van der Waals surface area contributed by atoms with Gasteiger partial charge in [0.1, 0.15) is 17.6 Å². The fourth-order valence-corrected chi connectivity index (χ4v) is 3.62. The van der Waals surface area contributed by atoms with Gasteiger partial charge in [-0.2, -0.15) is 5.26 Å². The lowest BCUT2D eigenvalue weighted by Crippen LogP contribution is -2.50. The predicted octanol–water partition coefficient (Wildman–Crippen LogP) is 2.04. The summed E-state index contributed by atoms with van der Waals surface area (Å²) in [5.41, 5.74) is 1.80. The van der Waals surface area contributed by atoms with Gasteiger partial charge in [-0.1, -0.05) is 36.4 Å². The summed E-state index contributed by atoms with van der Waals surface area (Å²) >= 11 is 0. The first-order valence-corrected chi connectivity index (χ1v) is 8.35. The van der Waals surface area contributed by atoms with Crippen molar-refractivity contribution in [3.05, 3.63) is 59.8 Å². The van der Waals surface area contributed by atoms with Gasteiger partial charge >= 0.3 is 0 Å². The maximum atomic E-state index is 9.05. The molecule has 5 nitrogen and oxygen atoms in total. The van der Waals surface area contributed by atoms with E-state index in [-0.39, 0.29) is 6.10 Å². The van der Waals surface area contributed by atoms with Crippen LogP contribution in [0.3, 0.4) is 0 Å². The number of aromatic nitrogens is 1. The Labute approximate surface area is 142 Å². The molecule has 0 N–H and O–H groups in total. The Bertz CT molecular complexity index is 743. The Morgan fingerprint density at radius 3 is 2.83 bits per heavy atom. The Morgan fingerprint density at radius 2 is 2.00 bits per heavy atom. The molecule has 2 unspecified atom stereocenters. The number of rotatable bonds is 3. The Balaban J connectivity index is 1.51. The van der Waals surface area contributed by atoms with Crippen LogP contribution in [0.25, 0.3) is 0 Å². The number of hydrogen-bond donors (Lipinski definition) is 0. The van der Waals surface area contributed by atoms with Crippen molar-refractivity contribution in [1.29, 1.82) is 5.26 Å². The van der Waals surface area contributed by atoms with Gasteiger partial charge in [-0.3, -0.25) is 4.90 Å². The van der Waals surface area contributed by atoms with Crippen molar-refractivity contribution >= 4 is 5.82 Å². The Hall–Kier alpha value is -2.42. The summed E-state index contributed by atoms with van der Waals surface area (Å²) in [5, 5.41) is 9.05. The molecule has 0 radical (unpaired) electrons. The van der Waals surface area contributed by atoms with Crippen molar-refractivity contribution in [2.75, 3.05) is 31.1 Å². The average molecular weight is 320 g/mol. The second-order valence-corrected chi connectivity index (χ2v) is 6.33. The van der Waals surface area contributed by atoms with Crippen molar-refractivity contribution in [3.8, 4) is 6.07 Å². The lowest BCUT2D eigenvalue weighted by atomic mass is 10.1. The van der Waals surface area contributed by atoms with E-state index in [9.17, 15) is 0 Å². The molecule has 122 valence electrons. The average Bonchev–Trinajstić information content (AvgIpc) is 3.08. The van der Waals surface area contributed by atoms with E-state index in [0.29, 0.717) is 11.7 Å². The molecule has 2 fully saturated rings. The molecule has 0 saturated carbocycles. The van der Waals surface area contributed by atoms with Crippen LogP contribution in [0.4, 0.5) is 5.82 Å². The molecule has 24 heavy (non-hydrogen) atoms. The van der Waals surface area contributed by atoms with Crippen LogP contribution in [0, 0.1) is 11.3 Å². The highest BCUT2D eigenvalue weighted by atomic mass is 16.5. The van der Waals surface area contributed by atoms with E-state index >= 15 is 0 Å². The van der Waals surface area contributed by atoms with Gasteiger partial charge < -0.3 is 9.64 Å². The van der Waals surface area contributed by atoms with E-state index in [4.69, 9.17) is 10.00 Å². The first-order valence-electron chi connectivity index (χ1n) is 8.35. The minimum absolute atomic E-state index is 0.204. The zero-order valence-corrected chi connectivity index (χ0v) is 13.5. The van der Waals surface area contributed by atoms with Crippen molar-refractivity contribution in [1.82, 2.24) is 9.88 Å². The van der Waals surface area contributed by atoms with Gasteiger partial charge in [0.15, 0.2) is 0 Å². The molecule has 3 heterocycles. The molecule has 5 heteroatoms. The van der Waals surface area contributed by atoms with Gasteiger partial charge in [-0.15, -0.1) is 0 Å².